The molecule has 0 spiro atoms. The van der Waals surface area contributed by atoms with Gasteiger partial charge in [-0.05, 0) is 0 Å². The van der Waals surface area contributed by atoms with Crippen molar-refractivity contribution in [2.24, 2.45) is 0 Å². The summed E-state index contributed by atoms with van der Waals surface area (Å²) in [4.78, 5) is 29.3. The van der Waals surface area contributed by atoms with Crippen molar-refractivity contribution in [2.45, 2.75) is 0 Å². The molecule has 0 amide bonds. The second-order valence-corrected chi connectivity index (χ2v) is 1.80. The zero-order valence-electron chi connectivity index (χ0n) is 3.00. The molecule has 0 aliphatic rings. The molecule has 0 bridgehead atoms. The predicted molar refractivity (Wildman–Crippen MR) is 41.7 cm³/mol. The fraction of sp³-hybridized carbons (Fsp3) is 0. The van der Waals surface area contributed by atoms with Crippen LogP contribution in [-0.2, 0) is 0 Å². The van der Waals surface area contributed by atoms with Gasteiger partial charge in [0.15, 0.2) is 17.4 Å². The van der Waals surface area contributed by atoms with Crippen LogP contribution >= 0.6 is 0 Å². The Hall–Kier alpha value is 3.08. The second kappa shape index (κ2) is 10.1. The Morgan fingerprint density at radius 3 is 0.875 bits per heavy atom. The molecular weight excluding hydrogens is 464 g/mol. The third-order valence-electron chi connectivity index (χ3n) is 0. The molecule has 0 rings (SSSR count). The Morgan fingerprint density at radius 1 is 0.875 bits per heavy atom. The first-order chi connectivity index (χ1) is 2.00. The molecule has 2 radical (unpaired) electrons. The minimum atomic E-state index is -4.61. The molecule has 4 N–H and O–H groups in total. The Morgan fingerprint density at radius 2 is 0.875 bits per heavy atom. The van der Waals surface area contributed by atoms with Crippen molar-refractivity contribution in [2.75, 3.05) is 0 Å². The molecule has 8 heteroatoms. The Balaban J connectivity index is -0.0000000267. The van der Waals surface area contributed by atoms with Gasteiger partial charge in [-0.2, -0.15) is 0 Å². The molecular formula is H11AlBaO4PbSi. The number of rotatable bonds is 0. The van der Waals surface area contributed by atoms with Crippen LogP contribution in [0.1, 0.15) is 0 Å². The molecule has 0 aromatic carbocycles. The van der Waals surface area contributed by atoms with Crippen molar-refractivity contribution in [3.63, 3.8) is 0 Å². The molecule has 0 heterocycles. The van der Waals surface area contributed by atoms with E-state index < -0.39 is 9.05 Å². The second-order valence-electron chi connectivity index (χ2n) is 0.600. The van der Waals surface area contributed by atoms with Crippen LogP contribution in [0.5, 0.6) is 0 Å². The van der Waals surface area contributed by atoms with E-state index in [9.17, 15) is 0 Å². The summed E-state index contributed by atoms with van der Waals surface area (Å²) in [5.41, 5.74) is 0. The molecule has 0 atom stereocenters. The van der Waals surface area contributed by atoms with E-state index in [1.807, 2.05) is 0 Å². The summed E-state index contributed by atoms with van der Waals surface area (Å²) in [6.45, 7) is 0. The molecule has 0 aliphatic carbocycles. The third kappa shape index (κ3) is 62.4. The van der Waals surface area contributed by atoms with Gasteiger partial charge in [-0.1, -0.05) is 0 Å². The van der Waals surface area contributed by atoms with Gasteiger partial charge in [0.2, 0.25) is 0 Å². The molecule has 48 valence electrons. The summed E-state index contributed by atoms with van der Waals surface area (Å²) >= 11 is 0. The summed E-state index contributed by atoms with van der Waals surface area (Å²) in [6, 6.07) is 0. The summed E-state index contributed by atoms with van der Waals surface area (Å²) in [5.74, 6) is 0. The van der Waals surface area contributed by atoms with E-state index >= 15 is 0 Å². The standard InChI is InChI=1S/Al.Ba.H4O4Si.Pb.7H/c;;1-5(2,3)4;;;;;;;;/h;;1-4H;;;;;;;;. The monoisotopic (exact) mass is 476 g/mol. The van der Waals surface area contributed by atoms with Crippen molar-refractivity contribution in [3.8, 4) is 0 Å². The fourth-order valence-electron chi connectivity index (χ4n) is 0. The van der Waals surface area contributed by atoms with Crippen molar-refractivity contribution >= 4 is 103 Å². The van der Waals surface area contributed by atoms with E-state index in [1.165, 1.54) is 0 Å². The first kappa shape index (κ1) is 22.5. The van der Waals surface area contributed by atoms with Gasteiger partial charge in [0, 0.05) is 0 Å². The van der Waals surface area contributed by atoms with Crippen LogP contribution < -0.4 is 0 Å². The maximum absolute atomic E-state index is 7.33. The molecule has 8 heavy (non-hydrogen) atoms. The Kier molecular flexibility index (Phi) is 28.3. The Bertz CT molecular complexity index is 31.5. The third-order valence-corrected chi connectivity index (χ3v) is 0. The van der Waals surface area contributed by atoms with E-state index in [2.05, 4.69) is 0 Å². The molecule has 0 saturated carbocycles. The zero-order chi connectivity index (χ0) is 4.50. The quantitative estimate of drug-likeness (QED) is 0.264. The van der Waals surface area contributed by atoms with E-state index in [0.29, 0.717) is 0 Å². The minimum absolute atomic E-state index is 0. The molecule has 0 unspecified atom stereocenters. The van der Waals surface area contributed by atoms with Gasteiger partial charge in [-0.25, -0.2) is 0 Å². The van der Waals surface area contributed by atoms with E-state index in [0.717, 1.165) is 0 Å². The van der Waals surface area contributed by atoms with Gasteiger partial charge in [0.25, 0.3) is 0 Å². The number of hydrogen-bond donors (Lipinski definition) is 4. The van der Waals surface area contributed by atoms with Gasteiger partial charge in [0.05, 0.1) is 0 Å². The fourth-order valence-corrected chi connectivity index (χ4v) is 0. The van der Waals surface area contributed by atoms with Gasteiger partial charge < -0.3 is 19.2 Å². The van der Waals surface area contributed by atoms with Crippen LogP contribution in [0.15, 0.2) is 0 Å². The molecule has 0 aliphatic heterocycles. The number of hydrogen-bond acceptors (Lipinski definition) is 4. The molecule has 0 fully saturated rings. The predicted octanol–water partition coefficient (Wildman–Crippen LogP) is -5.63. The average molecular weight is 475 g/mol. The topological polar surface area (TPSA) is 80.9 Å². The summed E-state index contributed by atoms with van der Waals surface area (Å²) in [5, 5.41) is 0. The van der Waals surface area contributed by atoms with E-state index in [1.54, 1.807) is 0 Å². The first-order valence-electron chi connectivity index (χ1n) is 0.894. The zero-order valence-corrected chi connectivity index (χ0v) is 9.49. The van der Waals surface area contributed by atoms with Crippen molar-refractivity contribution in [3.05, 3.63) is 0 Å². The van der Waals surface area contributed by atoms with Crippen LogP contribution in [-0.4, -0.2) is 122 Å². The molecule has 0 saturated heterocycles. The van der Waals surface area contributed by atoms with Crippen molar-refractivity contribution in [1.82, 2.24) is 0 Å². The van der Waals surface area contributed by atoms with Crippen LogP contribution in [0, 0.1) is 0 Å². The van der Waals surface area contributed by atoms with Crippen molar-refractivity contribution < 1.29 is 19.2 Å². The van der Waals surface area contributed by atoms with Crippen molar-refractivity contribution in [1.29, 1.82) is 0 Å². The summed E-state index contributed by atoms with van der Waals surface area (Å²) in [7, 11) is -4.61. The average Bonchev–Trinajstić information content (AvgIpc) is 0.722. The molecule has 0 aromatic heterocycles. The van der Waals surface area contributed by atoms with Crippen LogP contribution in [0.25, 0.3) is 0 Å². The van der Waals surface area contributed by atoms with Crippen LogP contribution in [0.2, 0.25) is 0 Å². The molecule has 4 nitrogen and oxygen atoms in total. The Labute approximate surface area is 119 Å². The summed E-state index contributed by atoms with van der Waals surface area (Å²) in [6.07, 6.45) is 0. The maximum atomic E-state index is 7.33. The van der Waals surface area contributed by atoms with Gasteiger partial charge >= 0.3 is 85.2 Å². The first-order valence-corrected chi connectivity index (χ1v) is 2.68. The molecule has 0 aromatic rings. The van der Waals surface area contributed by atoms with Gasteiger partial charge in [0.1, 0.15) is 0 Å². The van der Waals surface area contributed by atoms with Gasteiger partial charge in [-0.3, -0.25) is 0 Å². The normalized spacial score (nSPS) is 7.50. The van der Waals surface area contributed by atoms with Crippen LogP contribution in [0.4, 0.5) is 0 Å². The summed E-state index contributed by atoms with van der Waals surface area (Å²) < 4.78 is 0. The van der Waals surface area contributed by atoms with Gasteiger partial charge in [-0.15, -0.1) is 0 Å². The SMILES string of the molecule is O[Si](O)(O)O.[AlH3].[BaH2].[PbH2]. The van der Waals surface area contributed by atoms with Crippen LogP contribution in [0.3, 0.4) is 0 Å². The van der Waals surface area contributed by atoms with E-state index in [4.69, 9.17) is 19.2 Å². The van der Waals surface area contributed by atoms with E-state index in [-0.39, 0.29) is 93.5 Å².